The lowest BCUT2D eigenvalue weighted by atomic mass is 10.1. The molecule has 0 aliphatic carbocycles. The number of anilines is 2. The average molecular weight is 332 g/mol. The minimum atomic E-state index is -0.627. The smallest absolute Gasteiger partial charge is 0.0992 e. The van der Waals surface area contributed by atoms with Crippen molar-refractivity contribution in [3.05, 3.63) is 58.1 Å². The highest BCUT2D eigenvalue weighted by Crippen LogP contribution is 2.24. The third-order valence-electron chi connectivity index (χ3n) is 2.91. The zero-order valence-corrected chi connectivity index (χ0v) is 12.3. The molecule has 1 unspecified atom stereocenters. The molecular formula is C15H14BrN3O. The standard InChI is InChI=1S/C15H14BrN3O/c16-13-7-10(8-17)1-6-14(13)19-9-15(20)11-2-4-12(18)5-3-11/h1-7,15,19-20H,9,18H2. The number of aliphatic hydroxyl groups is 1. The second-order valence-corrected chi connectivity index (χ2v) is 5.22. The van der Waals surface area contributed by atoms with E-state index in [9.17, 15) is 5.11 Å². The molecule has 0 amide bonds. The molecule has 2 aromatic rings. The van der Waals surface area contributed by atoms with Gasteiger partial charge in [-0.1, -0.05) is 12.1 Å². The van der Waals surface area contributed by atoms with Crippen LogP contribution in [0, 0.1) is 11.3 Å². The predicted molar refractivity (Wildman–Crippen MR) is 83.2 cm³/mol. The molecule has 20 heavy (non-hydrogen) atoms. The van der Waals surface area contributed by atoms with Crippen molar-refractivity contribution in [3.8, 4) is 6.07 Å². The average Bonchev–Trinajstić information content (AvgIpc) is 2.46. The van der Waals surface area contributed by atoms with Crippen LogP contribution in [-0.4, -0.2) is 11.7 Å². The maximum Gasteiger partial charge on any atom is 0.0992 e. The predicted octanol–water partition coefficient (Wildman–Crippen LogP) is 3.05. The van der Waals surface area contributed by atoms with Gasteiger partial charge in [-0.2, -0.15) is 5.26 Å². The lowest BCUT2D eigenvalue weighted by Crippen LogP contribution is -2.12. The van der Waals surface area contributed by atoms with Gasteiger partial charge in [0.15, 0.2) is 0 Å². The van der Waals surface area contributed by atoms with Crippen LogP contribution in [0.3, 0.4) is 0 Å². The second kappa shape index (κ2) is 6.42. The number of benzene rings is 2. The Hall–Kier alpha value is -2.03. The number of hydrogen-bond donors (Lipinski definition) is 3. The first-order valence-corrected chi connectivity index (χ1v) is 6.86. The maximum atomic E-state index is 10.1. The van der Waals surface area contributed by atoms with E-state index in [2.05, 4.69) is 27.3 Å². The summed E-state index contributed by atoms with van der Waals surface area (Å²) in [5.41, 5.74) is 8.50. The molecule has 2 aromatic carbocycles. The number of halogens is 1. The summed E-state index contributed by atoms with van der Waals surface area (Å²) in [6.07, 6.45) is -0.627. The van der Waals surface area contributed by atoms with Crippen LogP contribution in [0.1, 0.15) is 17.2 Å². The zero-order chi connectivity index (χ0) is 14.5. The summed E-state index contributed by atoms with van der Waals surface area (Å²) >= 11 is 3.39. The molecule has 0 aromatic heterocycles. The largest absolute Gasteiger partial charge is 0.399 e. The van der Waals surface area contributed by atoms with Crippen LogP contribution in [0.15, 0.2) is 46.9 Å². The van der Waals surface area contributed by atoms with Crippen LogP contribution in [0.25, 0.3) is 0 Å². The molecule has 102 valence electrons. The van der Waals surface area contributed by atoms with E-state index in [1.54, 1.807) is 42.5 Å². The van der Waals surface area contributed by atoms with Crippen molar-refractivity contribution < 1.29 is 5.11 Å². The Morgan fingerprint density at radius 3 is 2.55 bits per heavy atom. The van der Waals surface area contributed by atoms with Crippen molar-refractivity contribution in [2.45, 2.75) is 6.10 Å². The summed E-state index contributed by atoms with van der Waals surface area (Å²) in [4.78, 5) is 0. The lowest BCUT2D eigenvalue weighted by Gasteiger charge is -2.14. The number of nitrogen functional groups attached to an aromatic ring is 1. The number of aliphatic hydroxyl groups excluding tert-OH is 1. The van der Waals surface area contributed by atoms with Gasteiger partial charge < -0.3 is 16.2 Å². The molecule has 0 bridgehead atoms. The van der Waals surface area contributed by atoms with Gasteiger partial charge in [-0.3, -0.25) is 0 Å². The van der Waals surface area contributed by atoms with Gasteiger partial charge in [-0.05, 0) is 51.8 Å². The molecular weight excluding hydrogens is 318 g/mol. The molecule has 0 spiro atoms. The molecule has 0 aliphatic rings. The molecule has 0 fully saturated rings. The van der Waals surface area contributed by atoms with Gasteiger partial charge in [0.05, 0.1) is 17.7 Å². The Balaban J connectivity index is 2.01. The molecule has 1 atom stereocenters. The normalized spacial score (nSPS) is 11.7. The van der Waals surface area contributed by atoms with Crippen molar-refractivity contribution >= 4 is 27.3 Å². The second-order valence-electron chi connectivity index (χ2n) is 4.37. The van der Waals surface area contributed by atoms with E-state index < -0.39 is 6.10 Å². The Morgan fingerprint density at radius 1 is 1.25 bits per heavy atom. The quantitative estimate of drug-likeness (QED) is 0.752. The van der Waals surface area contributed by atoms with E-state index in [-0.39, 0.29) is 0 Å². The molecule has 0 saturated carbocycles. The van der Waals surface area contributed by atoms with E-state index in [4.69, 9.17) is 11.0 Å². The van der Waals surface area contributed by atoms with Gasteiger partial charge >= 0.3 is 0 Å². The zero-order valence-electron chi connectivity index (χ0n) is 10.7. The van der Waals surface area contributed by atoms with E-state index in [1.807, 2.05) is 0 Å². The SMILES string of the molecule is N#Cc1ccc(NCC(O)c2ccc(N)cc2)c(Br)c1. The fraction of sp³-hybridized carbons (Fsp3) is 0.133. The molecule has 0 aliphatic heterocycles. The number of nitrogens with zero attached hydrogens (tertiary/aromatic N) is 1. The molecule has 4 nitrogen and oxygen atoms in total. The monoisotopic (exact) mass is 331 g/mol. The Morgan fingerprint density at radius 2 is 1.95 bits per heavy atom. The van der Waals surface area contributed by atoms with Gasteiger partial charge in [-0.15, -0.1) is 0 Å². The summed E-state index contributed by atoms with van der Waals surface area (Å²) in [7, 11) is 0. The van der Waals surface area contributed by atoms with Gasteiger partial charge in [-0.25, -0.2) is 0 Å². The first-order chi connectivity index (χ1) is 9.60. The summed E-state index contributed by atoms with van der Waals surface area (Å²) in [6, 6.07) is 14.5. The molecule has 0 radical (unpaired) electrons. The van der Waals surface area contributed by atoms with Gasteiger partial charge in [0, 0.05) is 22.4 Å². The van der Waals surface area contributed by atoms with Crippen molar-refractivity contribution in [2.24, 2.45) is 0 Å². The van der Waals surface area contributed by atoms with Gasteiger partial charge in [0.2, 0.25) is 0 Å². The van der Waals surface area contributed by atoms with Crippen LogP contribution < -0.4 is 11.1 Å². The fourth-order valence-electron chi connectivity index (χ4n) is 1.77. The Labute approximate surface area is 126 Å². The van der Waals surface area contributed by atoms with Gasteiger partial charge in [0.25, 0.3) is 0 Å². The van der Waals surface area contributed by atoms with Crippen molar-refractivity contribution in [1.29, 1.82) is 5.26 Å². The number of hydrogen-bond acceptors (Lipinski definition) is 4. The first-order valence-electron chi connectivity index (χ1n) is 6.07. The third-order valence-corrected chi connectivity index (χ3v) is 3.56. The lowest BCUT2D eigenvalue weighted by molar-refractivity contribution is 0.191. The fourth-order valence-corrected chi connectivity index (χ4v) is 2.29. The van der Waals surface area contributed by atoms with Crippen LogP contribution in [0.4, 0.5) is 11.4 Å². The van der Waals surface area contributed by atoms with E-state index in [1.165, 1.54) is 0 Å². The van der Waals surface area contributed by atoms with Crippen LogP contribution >= 0.6 is 15.9 Å². The summed E-state index contributed by atoms with van der Waals surface area (Å²) in [5, 5.41) is 22.0. The van der Waals surface area contributed by atoms with Gasteiger partial charge in [0.1, 0.15) is 0 Å². The van der Waals surface area contributed by atoms with Crippen LogP contribution in [0.2, 0.25) is 0 Å². The Bertz CT molecular complexity index is 635. The summed E-state index contributed by atoms with van der Waals surface area (Å²) in [6.45, 7) is 0.369. The number of rotatable bonds is 4. The highest BCUT2D eigenvalue weighted by atomic mass is 79.9. The van der Waals surface area contributed by atoms with Crippen molar-refractivity contribution in [1.82, 2.24) is 0 Å². The first kappa shape index (κ1) is 14.4. The third kappa shape index (κ3) is 3.50. The number of nitrogens with two attached hydrogens (primary N) is 1. The summed E-state index contributed by atoms with van der Waals surface area (Å²) < 4.78 is 0.793. The molecule has 5 heteroatoms. The number of nitriles is 1. The van der Waals surface area contributed by atoms with E-state index >= 15 is 0 Å². The highest BCUT2D eigenvalue weighted by Gasteiger charge is 2.08. The van der Waals surface area contributed by atoms with Crippen molar-refractivity contribution in [2.75, 3.05) is 17.6 Å². The molecule has 4 N–H and O–H groups in total. The Kier molecular flexibility index (Phi) is 4.61. The minimum Gasteiger partial charge on any atom is -0.399 e. The van der Waals surface area contributed by atoms with E-state index in [0.717, 1.165) is 15.7 Å². The summed E-state index contributed by atoms with van der Waals surface area (Å²) in [5.74, 6) is 0. The highest BCUT2D eigenvalue weighted by molar-refractivity contribution is 9.10. The maximum absolute atomic E-state index is 10.1. The van der Waals surface area contributed by atoms with Crippen LogP contribution in [0.5, 0.6) is 0 Å². The topological polar surface area (TPSA) is 82.1 Å². The minimum absolute atomic E-state index is 0.369. The van der Waals surface area contributed by atoms with E-state index in [0.29, 0.717) is 17.8 Å². The molecule has 0 saturated heterocycles. The molecule has 2 rings (SSSR count). The number of nitrogens with one attached hydrogen (secondary N) is 1. The molecule has 0 heterocycles. The van der Waals surface area contributed by atoms with Crippen LogP contribution in [-0.2, 0) is 0 Å². The van der Waals surface area contributed by atoms with Crippen molar-refractivity contribution in [3.63, 3.8) is 0 Å².